The number of allylic oxidation sites excluding steroid dienone is 1. The van der Waals surface area contributed by atoms with Gasteiger partial charge in [0.05, 0.1) is 12.0 Å². The van der Waals surface area contributed by atoms with E-state index in [0.717, 1.165) is 22.6 Å². The molecule has 188 valence electrons. The lowest BCUT2D eigenvalue weighted by Gasteiger charge is -2.24. The number of halogens is 2. The van der Waals surface area contributed by atoms with E-state index in [4.69, 9.17) is 16.3 Å². The van der Waals surface area contributed by atoms with Gasteiger partial charge in [0, 0.05) is 28.4 Å². The van der Waals surface area contributed by atoms with Crippen LogP contribution in [0.3, 0.4) is 0 Å². The molecule has 37 heavy (non-hydrogen) atoms. The first-order valence-electron chi connectivity index (χ1n) is 10.8. The fourth-order valence-corrected chi connectivity index (χ4v) is 3.94. The van der Waals surface area contributed by atoms with Gasteiger partial charge in [0.2, 0.25) is 5.95 Å². The predicted molar refractivity (Wildman–Crippen MR) is 143 cm³/mol. The Morgan fingerprint density at radius 3 is 2.54 bits per heavy atom. The van der Waals surface area contributed by atoms with E-state index in [9.17, 15) is 14.9 Å². The zero-order chi connectivity index (χ0) is 25.2. The van der Waals surface area contributed by atoms with Gasteiger partial charge in [0.15, 0.2) is 0 Å². The smallest absolute Gasteiger partial charge is 0.270 e. The molecule has 10 nitrogen and oxygen atoms in total. The highest BCUT2D eigenvalue weighted by molar-refractivity contribution is 6.30. The number of nitro benzene ring substituents is 1. The minimum Gasteiger partial charge on any atom is -0.497 e. The summed E-state index contributed by atoms with van der Waals surface area (Å²) in [5.41, 5.74) is 2.55. The molecule has 0 radical (unpaired) electrons. The summed E-state index contributed by atoms with van der Waals surface area (Å²) in [4.78, 5) is 27.7. The summed E-state index contributed by atoms with van der Waals surface area (Å²) in [6, 6.07) is 20.1. The SMILES string of the molecule is COc1ccc(C2C=C(c3ccc(Cl)cc3)Nc3nc(NC(=O)c4cccc([N+](=O)[O-])c4)nn32)cc1.Cl. The summed E-state index contributed by atoms with van der Waals surface area (Å²) in [5, 5.41) is 22.1. The molecule has 1 atom stereocenters. The predicted octanol–water partition coefficient (Wildman–Crippen LogP) is 5.58. The van der Waals surface area contributed by atoms with Crippen molar-refractivity contribution in [2.24, 2.45) is 0 Å². The quantitative estimate of drug-likeness (QED) is 0.242. The van der Waals surface area contributed by atoms with E-state index in [0.29, 0.717) is 11.0 Å². The number of nitro groups is 1. The van der Waals surface area contributed by atoms with Crippen LogP contribution >= 0.6 is 24.0 Å². The highest BCUT2D eigenvalue weighted by atomic mass is 35.5. The lowest BCUT2D eigenvalue weighted by Crippen LogP contribution is -2.20. The van der Waals surface area contributed by atoms with Crippen LogP contribution in [-0.4, -0.2) is 32.7 Å². The van der Waals surface area contributed by atoms with E-state index in [1.807, 2.05) is 42.5 Å². The Morgan fingerprint density at radius 1 is 1.14 bits per heavy atom. The van der Waals surface area contributed by atoms with Crippen LogP contribution in [0.5, 0.6) is 5.75 Å². The molecule has 0 saturated heterocycles. The van der Waals surface area contributed by atoms with E-state index in [1.54, 1.807) is 23.9 Å². The number of aromatic nitrogens is 3. The number of rotatable bonds is 6. The van der Waals surface area contributed by atoms with Gasteiger partial charge in [0.1, 0.15) is 11.8 Å². The third kappa shape index (κ3) is 5.40. The van der Waals surface area contributed by atoms with Gasteiger partial charge in [-0.15, -0.1) is 17.5 Å². The molecule has 0 bridgehead atoms. The van der Waals surface area contributed by atoms with Crippen LogP contribution in [-0.2, 0) is 0 Å². The minimum absolute atomic E-state index is 0. The second kappa shape index (κ2) is 10.7. The number of anilines is 2. The van der Waals surface area contributed by atoms with Crippen LogP contribution in [0.15, 0.2) is 78.9 Å². The van der Waals surface area contributed by atoms with Gasteiger partial charge < -0.3 is 10.1 Å². The van der Waals surface area contributed by atoms with Gasteiger partial charge in [-0.2, -0.15) is 4.98 Å². The van der Waals surface area contributed by atoms with E-state index >= 15 is 0 Å². The lowest BCUT2D eigenvalue weighted by molar-refractivity contribution is -0.384. The number of methoxy groups -OCH3 is 1. The fraction of sp³-hybridized carbons (Fsp3) is 0.0800. The molecule has 0 fully saturated rings. The van der Waals surface area contributed by atoms with Gasteiger partial charge >= 0.3 is 0 Å². The van der Waals surface area contributed by atoms with E-state index in [1.165, 1.54) is 24.3 Å². The largest absolute Gasteiger partial charge is 0.497 e. The molecule has 1 unspecified atom stereocenters. The van der Waals surface area contributed by atoms with Crippen molar-refractivity contribution in [3.8, 4) is 5.75 Å². The van der Waals surface area contributed by atoms with Crippen molar-refractivity contribution in [1.29, 1.82) is 0 Å². The maximum absolute atomic E-state index is 12.8. The van der Waals surface area contributed by atoms with Crippen LogP contribution in [0.25, 0.3) is 5.70 Å². The maximum Gasteiger partial charge on any atom is 0.270 e. The number of ether oxygens (including phenoxy) is 1. The third-order valence-corrected chi connectivity index (χ3v) is 5.87. The van der Waals surface area contributed by atoms with Crippen molar-refractivity contribution in [3.05, 3.63) is 111 Å². The molecule has 5 rings (SSSR count). The monoisotopic (exact) mass is 538 g/mol. The van der Waals surface area contributed by atoms with Gasteiger partial charge in [-0.05, 0) is 47.5 Å². The molecule has 1 aliphatic heterocycles. The third-order valence-electron chi connectivity index (χ3n) is 5.62. The zero-order valence-corrected chi connectivity index (χ0v) is 20.9. The summed E-state index contributed by atoms with van der Waals surface area (Å²) < 4.78 is 6.93. The van der Waals surface area contributed by atoms with Crippen molar-refractivity contribution in [1.82, 2.24) is 14.8 Å². The van der Waals surface area contributed by atoms with E-state index < -0.39 is 10.8 Å². The number of hydrogen-bond donors (Lipinski definition) is 2. The van der Waals surface area contributed by atoms with Crippen molar-refractivity contribution in [2.45, 2.75) is 6.04 Å². The lowest BCUT2D eigenvalue weighted by atomic mass is 10.0. The van der Waals surface area contributed by atoms with Crippen LogP contribution in [0.2, 0.25) is 5.02 Å². The standard InChI is InChI=1S/C25H19ClN6O4.ClH/c1-36-20-11-7-16(8-12-20)22-14-21(15-5-9-18(26)10-6-15)27-25-29-24(30-31(22)25)28-23(33)17-3-2-4-19(13-17)32(34)35;/h2-14,22H,1H3,(H2,27,28,29,30,33);1H. The average molecular weight is 539 g/mol. The van der Waals surface area contributed by atoms with Crippen molar-refractivity contribution in [2.75, 3.05) is 17.7 Å². The Labute approximate surface area is 222 Å². The number of hydrogen-bond acceptors (Lipinski definition) is 7. The molecule has 1 aliphatic rings. The summed E-state index contributed by atoms with van der Waals surface area (Å²) in [6.07, 6.45) is 2.00. The van der Waals surface area contributed by atoms with Gasteiger partial charge in [-0.1, -0.05) is 41.9 Å². The summed E-state index contributed by atoms with van der Waals surface area (Å²) in [5.74, 6) is 0.628. The number of fused-ring (bicyclic) bond motifs is 1. The van der Waals surface area contributed by atoms with Gasteiger partial charge in [-0.25, -0.2) is 4.68 Å². The molecule has 2 N–H and O–H groups in total. The number of nitrogens with one attached hydrogen (secondary N) is 2. The van der Waals surface area contributed by atoms with E-state index in [2.05, 4.69) is 20.7 Å². The Hall–Kier alpha value is -4.41. The van der Waals surface area contributed by atoms with Gasteiger partial charge in [0.25, 0.3) is 17.5 Å². The number of benzene rings is 3. The molecular weight excluding hydrogens is 519 g/mol. The van der Waals surface area contributed by atoms with Crippen LogP contribution in [0, 0.1) is 10.1 Å². The summed E-state index contributed by atoms with van der Waals surface area (Å²) in [6.45, 7) is 0. The molecule has 0 saturated carbocycles. The molecule has 1 aromatic heterocycles. The molecule has 12 heteroatoms. The number of nitrogens with zero attached hydrogens (tertiary/aromatic N) is 4. The van der Waals surface area contributed by atoms with Crippen LogP contribution in [0.1, 0.15) is 27.5 Å². The van der Waals surface area contributed by atoms with E-state index in [-0.39, 0.29) is 35.6 Å². The van der Waals surface area contributed by atoms with Crippen molar-refractivity contribution in [3.63, 3.8) is 0 Å². The Morgan fingerprint density at radius 2 is 1.86 bits per heavy atom. The first-order chi connectivity index (χ1) is 17.4. The van der Waals surface area contributed by atoms with Gasteiger partial charge in [-0.3, -0.25) is 20.2 Å². The second-order valence-electron chi connectivity index (χ2n) is 7.90. The Bertz CT molecular complexity index is 1490. The maximum atomic E-state index is 12.8. The number of carbonyl (C=O) groups excluding carboxylic acids is 1. The van der Waals surface area contributed by atoms with Crippen molar-refractivity contribution >= 4 is 53.2 Å². The minimum atomic E-state index is -0.562. The van der Waals surface area contributed by atoms with Crippen LogP contribution < -0.4 is 15.4 Å². The fourth-order valence-electron chi connectivity index (χ4n) is 3.82. The first-order valence-corrected chi connectivity index (χ1v) is 11.2. The highest BCUT2D eigenvalue weighted by Crippen LogP contribution is 2.34. The molecule has 1 amide bonds. The number of amides is 1. The normalized spacial score (nSPS) is 13.9. The summed E-state index contributed by atoms with van der Waals surface area (Å²) in [7, 11) is 1.60. The molecular formula is C25H20Cl2N6O4. The first kappa shape index (κ1) is 25.7. The molecule has 0 aliphatic carbocycles. The second-order valence-corrected chi connectivity index (χ2v) is 8.33. The van der Waals surface area contributed by atoms with Crippen LogP contribution in [0.4, 0.5) is 17.6 Å². The average Bonchev–Trinajstić information content (AvgIpc) is 3.31. The topological polar surface area (TPSA) is 124 Å². The molecule has 2 heterocycles. The number of carbonyl (C=O) groups is 1. The summed E-state index contributed by atoms with van der Waals surface area (Å²) >= 11 is 6.06. The Kier molecular flexibility index (Phi) is 7.42. The highest BCUT2D eigenvalue weighted by Gasteiger charge is 2.26. The molecule has 3 aromatic carbocycles. The molecule has 4 aromatic rings. The Balaban J connectivity index is 0.00000320. The van der Waals surface area contributed by atoms with Crippen molar-refractivity contribution < 1.29 is 14.5 Å². The number of non-ortho nitro benzene ring substituents is 1. The zero-order valence-electron chi connectivity index (χ0n) is 19.3. The molecule has 0 spiro atoms.